The zero-order valence-electron chi connectivity index (χ0n) is 17.8. The van der Waals surface area contributed by atoms with E-state index in [-0.39, 0.29) is 12.2 Å². The Bertz CT molecular complexity index is 1000. The van der Waals surface area contributed by atoms with Crippen LogP contribution in [0.1, 0.15) is 37.2 Å². The molecule has 3 nitrogen and oxygen atoms in total. The van der Waals surface area contributed by atoms with Gasteiger partial charge in [0.05, 0.1) is 12.2 Å². The fraction of sp³-hybridized carbons (Fsp3) is 0.143. The van der Waals surface area contributed by atoms with Crippen LogP contribution in [0.5, 0.6) is 23.0 Å². The summed E-state index contributed by atoms with van der Waals surface area (Å²) in [4.78, 5) is 0. The molecule has 0 aliphatic carbocycles. The van der Waals surface area contributed by atoms with Gasteiger partial charge in [-0.3, -0.25) is 0 Å². The molecule has 0 saturated carbocycles. The maximum atomic E-state index is 6.32. The summed E-state index contributed by atoms with van der Waals surface area (Å²) < 4.78 is 18.2. The van der Waals surface area contributed by atoms with Gasteiger partial charge in [-0.05, 0) is 73.5 Å². The van der Waals surface area contributed by atoms with Gasteiger partial charge in [-0.15, -0.1) is 0 Å². The molecule has 0 aromatic heterocycles. The standard InChI is InChI=1S/C28H26O3/c1-21(23-11-9-17-27(19-23)30-25-13-5-3-6-14-25)29-22(2)24-12-10-18-28(20-24)31-26-15-7-4-8-16-26/h3-22H,1-2H3. The van der Waals surface area contributed by atoms with Crippen LogP contribution >= 0.6 is 0 Å². The molecule has 0 bridgehead atoms. The molecule has 4 aromatic carbocycles. The highest BCUT2D eigenvalue weighted by Crippen LogP contribution is 2.31. The molecular weight excluding hydrogens is 384 g/mol. The second-order valence-corrected chi connectivity index (χ2v) is 7.40. The molecule has 31 heavy (non-hydrogen) atoms. The first-order valence-corrected chi connectivity index (χ1v) is 10.5. The van der Waals surface area contributed by atoms with Gasteiger partial charge in [0.15, 0.2) is 0 Å². The Labute approximate surface area is 183 Å². The van der Waals surface area contributed by atoms with Crippen molar-refractivity contribution in [3.8, 4) is 23.0 Å². The summed E-state index contributed by atoms with van der Waals surface area (Å²) in [7, 11) is 0. The lowest BCUT2D eigenvalue weighted by Gasteiger charge is -2.21. The van der Waals surface area contributed by atoms with Crippen molar-refractivity contribution in [1.82, 2.24) is 0 Å². The highest BCUT2D eigenvalue weighted by Gasteiger charge is 2.14. The number of hydrogen-bond donors (Lipinski definition) is 0. The fourth-order valence-electron chi connectivity index (χ4n) is 3.37. The van der Waals surface area contributed by atoms with E-state index in [0.717, 1.165) is 34.1 Å². The third kappa shape index (κ3) is 5.74. The summed E-state index contributed by atoms with van der Waals surface area (Å²) in [5.41, 5.74) is 2.13. The van der Waals surface area contributed by atoms with E-state index in [0.29, 0.717) is 0 Å². The maximum Gasteiger partial charge on any atom is 0.127 e. The van der Waals surface area contributed by atoms with Gasteiger partial charge in [0, 0.05) is 0 Å². The predicted molar refractivity (Wildman–Crippen MR) is 124 cm³/mol. The van der Waals surface area contributed by atoms with Crippen LogP contribution < -0.4 is 9.47 Å². The van der Waals surface area contributed by atoms with E-state index in [1.807, 2.05) is 97.1 Å². The molecule has 0 radical (unpaired) electrons. The van der Waals surface area contributed by atoms with Crippen molar-refractivity contribution >= 4 is 0 Å². The van der Waals surface area contributed by atoms with Crippen LogP contribution in [0.15, 0.2) is 109 Å². The first-order valence-electron chi connectivity index (χ1n) is 10.5. The Morgan fingerprint density at radius 1 is 0.452 bits per heavy atom. The van der Waals surface area contributed by atoms with Gasteiger partial charge in [0.1, 0.15) is 23.0 Å². The molecule has 0 N–H and O–H groups in total. The molecule has 0 heterocycles. The summed E-state index contributed by atoms with van der Waals surface area (Å²) in [6.45, 7) is 4.12. The SMILES string of the molecule is CC(OC(C)c1cccc(Oc2ccccc2)c1)c1cccc(Oc2ccccc2)c1. The second kappa shape index (κ2) is 9.96. The molecule has 2 unspecified atom stereocenters. The fourth-order valence-corrected chi connectivity index (χ4v) is 3.37. The van der Waals surface area contributed by atoms with Crippen LogP contribution in [0.25, 0.3) is 0 Å². The van der Waals surface area contributed by atoms with Crippen molar-refractivity contribution in [1.29, 1.82) is 0 Å². The quantitative estimate of drug-likeness (QED) is 0.294. The number of rotatable bonds is 8. The van der Waals surface area contributed by atoms with E-state index >= 15 is 0 Å². The summed E-state index contributed by atoms with van der Waals surface area (Å²) in [6.07, 6.45) is -0.180. The number of para-hydroxylation sites is 2. The molecular formula is C28H26O3. The van der Waals surface area contributed by atoms with Crippen LogP contribution in [0.4, 0.5) is 0 Å². The third-order valence-electron chi connectivity index (χ3n) is 5.02. The van der Waals surface area contributed by atoms with E-state index in [4.69, 9.17) is 14.2 Å². The molecule has 156 valence electrons. The average molecular weight is 411 g/mol. The molecule has 0 aliphatic heterocycles. The zero-order chi connectivity index (χ0) is 21.5. The average Bonchev–Trinajstić information content (AvgIpc) is 2.81. The Hall–Kier alpha value is -3.56. The largest absolute Gasteiger partial charge is 0.457 e. The van der Waals surface area contributed by atoms with Crippen molar-refractivity contribution in [3.05, 3.63) is 120 Å². The van der Waals surface area contributed by atoms with Crippen molar-refractivity contribution in [2.24, 2.45) is 0 Å². The molecule has 0 aliphatic rings. The van der Waals surface area contributed by atoms with Gasteiger partial charge in [-0.2, -0.15) is 0 Å². The molecule has 2 atom stereocenters. The Morgan fingerprint density at radius 2 is 0.839 bits per heavy atom. The molecule has 3 heteroatoms. The Kier molecular flexibility index (Phi) is 6.65. The van der Waals surface area contributed by atoms with Gasteiger partial charge in [-0.1, -0.05) is 60.7 Å². The van der Waals surface area contributed by atoms with Crippen LogP contribution in [0, 0.1) is 0 Å². The Morgan fingerprint density at radius 3 is 1.26 bits per heavy atom. The van der Waals surface area contributed by atoms with E-state index in [2.05, 4.69) is 26.0 Å². The lowest BCUT2D eigenvalue weighted by atomic mass is 10.1. The normalized spacial score (nSPS) is 12.7. The van der Waals surface area contributed by atoms with Gasteiger partial charge < -0.3 is 14.2 Å². The van der Waals surface area contributed by atoms with E-state index in [1.165, 1.54) is 0 Å². The lowest BCUT2D eigenvalue weighted by molar-refractivity contribution is 0.00570. The molecule has 0 saturated heterocycles. The summed E-state index contributed by atoms with van der Waals surface area (Å²) in [5, 5.41) is 0. The Balaban J connectivity index is 1.42. The van der Waals surface area contributed by atoms with Crippen LogP contribution in [0.3, 0.4) is 0 Å². The molecule has 4 aromatic rings. The van der Waals surface area contributed by atoms with E-state index in [1.54, 1.807) is 0 Å². The van der Waals surface area contributed by atoms with E-state index in [9.17, 15) is 0 Å². The van der Waals surface area contributed by atoms with E-state index < -0.39 is 0 Å². The summed E-state index contributed by atoms with van der Waals surface area (Å²) >= 11 is 0. The van der Waals surface area contributed by atoms with Crippen LogP contribution in [-0.2, 0) is 4.74 Å². The summed E-state index contributed by atoms with van der Waals surface area (Å²) in [5.74, 6) is 3.23. The van der Waals surface area contributed by atoms with Crippen molar-refractivity contribution < 1.29 is 14.2 Å². The highest BCUT2D eigenvalue weighted by atomic mass is 16.5. The first-order chi connectivity index (χ1) is 15.2. The van der Waals surface area contributed by atoms with Gasteiger partial charge in [-0.25, -0.2) is 0 Å². The van der Waals surface area contributed by atoms with Gasteiger partial charge in [0.25, 0.3) is 0 Å². The lowest BCUT2D eigenvalue weighted by Crippen LogP contribution is -2.05. The van der Waals surface area contributed by atoms with Crippen molar-refractivity contribution in [2.45, 2.75) is 26.1 Å². The molecule has 4 rings (SSSR count). The molecule has 0 spiro atoms. The topological polar surface area (TPSA) is 27.7 Å². The minimum absolute atomic E-state index is 0.0898. The predicted octanol–water partition coefficient (Wildman–Crippen LogP) is 8.11. The first kappa shape index (κ1) is 20.7. The number of hydrogen-bond acceptors (Lipinski definition) is 3. The van der Waals surface area contributed by atoms with Crippen molar-refractivity contribution in [3.63, 3.8) is 0 Å². The minimum atomic E-state index is -0.0898. The van der Waals surface area contributed by atoms with Gasteiger partial charge >= 0.3 is 0 Å². The number of benzene rings is 4. The maximum absolute atomic E-state index is 6.32. The minimum Gasteiger partial charge on any atom is -0.457 e. The monoisotopic (exact) mass is 410 g/mol. The number of ether oxygens (including phenoxy) is 3. The van der Waals surface area contributed by atoms with Crippen molar-refractivity contribution in [2.75, 3.05) is 0 Å². The summed E-state index contributed by atoms with van der Waals surface area (Å²) in [6, 6.07) is 35.6. The molecule has 0 fully saturated rings. The van der Waals surface area contributed by atoms with Crippen LogP contribution in [-0.4, -0.2) is 0 Å². The molecule has 0 amide bonds. The smallest absolute Gasteiger partial charge is 0.127 e. The second-order valence-electron chi connectivity index (χ2n) is 7.40. The zero-order valence-corrected chi connectivity index (χ0v) is 17.8. The van der Waals surface area contributed by atoms with Crippen LogP contribution in [0.2, 0.25) is 0 Å². The van der Waals surface area contributed by atoms with Gasteiger partial charge in [0.2, 0.25) is 0 Å². The highest BCUT2D eigenvalue weighted by molar-refractivity contribution is 5.36. The third-order valence-corrected chi connectivity index (χ3v) is 5.02.